The summed E-state index contributed by atoms with van der Waals surface area (Å²) in [7, 11) is 0. The van der Waals surface area contributed by atoms with Gasteiger partial charge in [0.1, 0.15) is 0 Å². The maximum Gasteiger partial charge on any atom is 0.180 e. The van der Waals surface area contributed by atoms with Crippen molar-refractivity contribution in [3.63, 3.8) is 0 Å². The Hall–Kier alpha value is -0.820. The van der Waals surface area contributed by atoms with Crippen molar-refractivity contribution in [2.75, 3.05) is 0 Å². The van der Waals surface area contributed by atoms with Crippen molar-refractivity contribution in [1.29, 1.82) is 0 Å². The summed E-state index contributed by atoms with van der Waals surface area (Å²) >= 11 is 5.71. The van der Waals surface area contributed by atoms with Crippen LogP contribution in [0.5, 0.6) is 0 Å². The SMILES string of the molecule is CCc1cccc(C(=O)C(C)Cl)c1. The van der Waals surface area contributed by atoms with E-state index in [1.54, 1.807) is 13.0 Å². The number of hydrogen-bond acceptors (Lipinski definition) is 1. The number of halogens is 1. The molecular weight excluding hydrogens is 184 g/mol. The van der Waals surface area contributed by atoms with E-state index in [1.165, 1.54) is 5.56 Å². The zero-order chi connectivity index (χ0) is 9.84. The van der Waals surface area contributed by atoms with E-state index < -0.39 is 5.38 Å². The van der Waals surface area contributed by atoms with Gasteiger partial charge in [-0.3, -0.25) is 4.79 Å². The second kappa shape index (κ2) is 4.43. The van der Waals surface area contributed by atoms with Gasteiger partial charge in [-0.2, -0.15) is 0 Å². The summed E-state index contributed by atoms with van der Waals surface area (Å²) in [6.45, 7) is 3.76. The Labute approximate surface area is 83.7 Å². The highest BCUT2D eigenvalue weighted by atomic mass is 35.5. The van der Waals surface area contributed by atoms with Crippen LogP contribution in [0.1, 0.15) is 29.8 Å². The molecule has 0 aliphatic heterocycles. The Balaban J connectivity index is 2.95. The highest BCUT2D eigenvalue weighted by molar-refractivity contribution is 6.33. The van der Waals surface area contributed by atoms with Gasteiger partial charge in [0.25, 0.3) is 0 Å². The minimum atomic E-state index is -0.438. The molecule has 0 fully saturated rings. The summed E-state index contributed by atoms with van der Waals surface area (Å²) in [5.41, 5.74) is 1.88. The van der Waals surface area contributed by atoms with E-state index >= 15 is 0 Å². The molecule has 1 nitrogen and oxygen atoms in total. The molecule has 0 bridgehead atoms. The lowest BCUT2D eigenvalue weighted by Gasteiger charge is -2.03. The summed E-state index contributed by atoms with van der Waals surface area (Å²) in [6, 6.07) is 7.61. The predicted molar refractivity (Wildman–Crippen MR) is 55.5 cm³/mol. The van der Waals surface area contributed by atoms with Gasteiger partial charge in [-0.15, -0.1) is 11.6 Å². The van der Waals surface area contributed by atoms with E-state index in [1.807, 2.05) is 18.2 Å². The van der Waals surface area contributed by atoms with Gasteiger partial charge in [0.15, 0.2) is 5.78 Å². The largest absolute Gasteiger partial charge is 0.293 e. The van der Waals surface area contributed by atoms with Crippen LogP contribution in [0.25, 0.3) is 0 Å². The lowest BCUT2D eigenvalue weighted by molar-refractivity contribution is 0.0991. The average Bonchev–Trinajstić information content (AvgIpc) is 2.16. The Bertz CT molecular complexity index is 305. The van der Waals surface area contributed by atoms with Crippen LogP contribution >= 0.6 is 11.6 Å². The van der Waals surface area contributed by atoms with Gasteiger partial charge in [-0.1, -0.05) is 25.1 Å². The van der Waals surface area contributed by atoms with Gasteiger partial charge in [-0.05, 0) is 25.0 Å². The van der Waals surface area contributed by atoms with Crippen LogP contribution in [0.2, 0.25) is 0 Å². The highest BCUT2D eigenvalue weighted by Crippen LogP contribution is 2.10. The third-order valence-electron chi connectivity index (χ3n) is 1.98. The fourth-order valence-corrected chi connectivity index (χ4v) is 1.30. The van der Waals surface area contributed by atoms with Gasteiger partial charge >= 0.3 is 0 Å². The molecule has 0 N–H and O–H groups in total. The molecule has 1 aromatic rings. The van der Waals surface area contributed by atoms with Gasteiger partial charge < -0.3 is 0 Å². The molecule has 0 heterocycles. The zero-order valence-electron chi connectivity index (χ0n) is 7.88. The Morgan fingerprint density at radius 2 is 2.23 bits per heavy atom. The topological polar surface area (TPSA) is 17.1 Å². The minimum absolute atomic E-state index is 0.00281. The first kappa shape index (κ1) is 10.3. The molecule has 1 aromatic carbocycles. The monoisotopic (exact) mass is 196 g/mol. The molecule has 0 aliphatic rings. The molecule has 13 heavy (non-hydrogen) atoms. The number of Topliss-reactive ketones (excluding diaryl/α,β-unsaturated/α-hetero) is 1. The standard InChI is InChI=1S/C11H13ClO/c1-3-9-5-4-6-10(7-9)11(13)8(2)12/h4-8H,3H2,1-2H3. The summed E-state index contributed by atoms with van der Waals surface area (Å²) in [6.07, 6.45) is 0.942. The molecule has 70 valence electrons. The Kier molecular flexibility index (Phi) is 3.49. The summed E-state index contributed by atoms with van der Waals surface area (Å²) in [5.74, 6) is -0.00281. The maximum atomic E-state index is 11.5. The first-order valence-electron chi connectivity index (χ1n) is 4.42. The normalized spacial score (nSPS) is 12.5. The predicted octanol–water partition coefficient (Wildman–Crippen LogP) is 3.06. The minimum Gasteiger partial charge on any atom is -0.293 e. The van der Waals surface area contributed by atoms with Crippen molar-refractivity contribution in [1.82, 2.24) is 0 Å². The summed E-state index contributed by atoms with van der Waals surface area (Å²) < 4.78 is 0. The van der Waals surface area contributed by atoms with Crippen LogP contribution in [0, 0.1) is 0 Å². The quantitative estimate of drug-likeness (QED) is 0.537. The molecule has 1 atom stereocenters. The maximum absolute atomic E-state index is 11.5. The van der Waals surface area contributed by atoms with E-state index in [4.69, 9.17) is 11.6 Å². The lowest BCUT2D eigenvalue weighted by atomic mass is 10.0. The molecule has 0 saturated heterocycles. The Morgan fingerprint density at radius 3 is 2.77 bits per heavy atom. The van der Waals surface area contributed by atoms with Crippen LogP contribution in [0.3, 0.4) is 0 Å². The molecule has 0 amide bonds. The Morgan fingerprint density at radius 1 is 1.54 bits per heavy atom. The highest BCUT2D eigenvalue weighted by Gasteiger charge is 2.11. The van der Waals surface area contributed by atoms with Crippen molar-refractivity contribution in [3.8, 4) is 0 Å². The van der Waals surface area contributed by atoms with E-state index in [9.17, 15) is 4.79 Å². The van der Waals surface area contributed by atoms with Crippen LogP contribution in [0.15, 0.2) is 24.3 Å². The fourth-order valence-electron chi connectivity index (χ4n) is 1.17. The van der Waals surface area contributed by atoms with E-state index in [0.717, 1.165) is 6.42 Å². The van der Waals surface area contributed by atoms with Gasteiger partial charge in [0.05, 0.1) is 5.38 Å². The second-order valence-corrected chi connectivity index (χ2v) is 3.69. The molecule has 1 rings (SSSR count). The average molecular weight is 197 g/mol. The smallest absolute Gasteiger partial charge is 0.180 e. The number of carbonyl (C=O) groups excluding carboxylic acids is 1. The van der Waals surface area contributed by atoms with Crippen LogP contribution < -0.4 is 0 Å². The van der Waals surface area contributed by atoms with E-state index in [2.05, 4.69) is 6.92 Å². The van der Waals surface area contributed by atoms with E-state index in [0.29, 0.717) is 5.56 Å². The molecule has 0 spiro atoms. The third-order valence-corrected chi connectivity index (χ3v) is 2.18. The zero-order valence-corrected chi connectivity index (χ0v) is 8.64. The molecule has 0 aliphatic carbocycles. The van der Waals surface area contributed by atoms with Crippen molar-refractivity contribution in [3.05, 3.63) is 35.4 Å². The van der Waals surface area contributed by atoms with Crippen LogP contribution in [-0.4, -0.2) is 11.2 Å². The number of aryl methyl sites for hydroxylation is 1. The summed E-state index contributed by atoms with van der Waals surface area (Å²) in [5, 5.41) is -0.438. The van der Waals surface area contributed by atoms with Gasteiger partial charge in [0, 0.05) is 5.56 Å². The molecule has 0 radical (unpaired) electrons. The molecular formula is C11H13ClO. The van der Waals surface area contributed by atoms with E-state index in [-0.39, 0.29) is 5.78 Å². The molecule has 1 unspecified atom stereocenters. The van der Waals surface area contributed by atoms with Crippen LogP contribution in [-0.2, 0) is 6.42 Å². The number of ketones is 1. The number of alkyl halides is 1. The number of benzene rings is 1. The number of rotatable bonds is 3. The molecule has 2 heteroatoms. The van der Waals surface area contributed by atoms with Crippen molar-refractivity contribution >= 4 is 17.4 Å². The van der Waals surface area contributed by atoms with Crippen LogP contribution in [0.4, 0.5) is 0 Å². The second-order valence-electron chi connectivity index (χ2n) is 3.03. The van der Waals surface area contributed by atoms with Crippen molar-refractivity contribution in [2.24, 2.45) is 0 Å². The number of hydrogen-bond donors (Lipinski definition) is 0. The number of carbonyl (C=O) groups is 1. The van der Waals surface area contributed by atoms with Crippen molar-refractivity contribution < 1.29 is 4.79 Å². The third kappa shape index (κ3) is 2.56. The fraction of sp³-hybridized carbons (Fsp3) is 0.364. The first-order chi connectivity index (χ1) is 6.15. The molecule has 0 saturated carbocycles. The first-order valence-corrected chi connectivity index (χ1v) is 4.86. The lowest BCUT2D eigenvalue weighted by Crippen LogP contribution is -2.10. The summed E-state index contributed by atoms with van der Waals surface area (Å²) in [4.78, 5) is 11.5. The van der Waals surface area contributed by atoms with Gasteiger partial charge in [-0.25, -0.2) is 0 Å². The van der Waals surface area contributed by atoms with Crippen molar-refractivity contribution in [2.45, 2.75) is 25.6 Å². The molecule has 0 aromatic heterocycles. The van der Waals surface area contributed by atoms with Gasteiger partial charge in [0.2, 0.25) is 0 Å².